The Balaban J connectivity index is 1.63. The van der Waals surface area contributed by atoms with Crippen molar-refractivity contribution < 1.29 is 19.1 Å². The fourth-order valence-corrected chi connectivity index (χ4v) is 4.48. The molecule has 0 saturated carbocycles. The number of rotatable bonds is 7. The molecule has 1 aliphatic rings. The van der Waals surface area contributed by atoms with Crippen LogP contribution in [0.4, 0.5) is 5.69 Å². The Morgan fingerprint density at radius 2 is 2.03 bits per heavy atom. The Bertz CT molecular complexity index is 1110. The van der Waals surface area contributed by atoms with Crippen molar-refractivity contribution in [2.75, 3.05) is 11.5 Å². The van der Waals surface area contributed by atoms with Crippen LogP contribution in [0.1, 0.15) is 37.8 Å². The van der Waals surface area contributed by atoms with E-state index in [-0.39, 0.29) is 5.91 Å². The number of fused-ring (bicyclic) bond motifs is 1. The number of carbonyl (C=O) groups excluding carboxylic acids is 2. The fraction of sp³-hybridized carbons (Fsp3) is 0.320. The second kappa shape index (κ2) is 9.53. The summed E-state index contributed by atoms with van der Waals surface area (Å²) in [4.78, 5) is 31.7. The van der Waals surface area contributed by atoms with Gasteiger partial charge in [-0.3, -0.25) is 9.69 Å². The average Bonchev–Trinajstić information content (AvgIpc) is 3.26. The van der Waals surface area contributed by atoms with Crippen LogP contribution < -0.4 is 9.64 Å². The number of ether oxygens (including phenoxy) is 2. The third-order valence-corrected chi connectivity index (χ3v) is 6.18. The van der Waals surface area contributed by atoms with Crippen molar-refractivity contribution in [1.29, 1.82) is 0 Å². The number of thiazole rings is 1. The van der Waals surface area contributed by atoms with Crippen LogP contribution in [-0.4, -0.2) is 35.6 Å². The van der Waals surface area contributed by atoms with E-state index in [1.165, 1.54) is 10.5 Å². The highest BCUT2D eigenvalue weighted by molar-refractivity contribution is 7.10. The molecule has 0 radical (unpaired) electrons. The minimum atomic E-state index is -0.751. The monoisotopic (exact) mass is 450 g/mol. The number of esters is 1. The molecule has 0 spiro atoms. The summed E-state index contributed by atoms with van der Waals surface area (Å²) in [6.45, 7) is 5.63. The van der Waals surface area contributed by atoms with E-state index in [9.17, 15) is 9.59 Å². The van der Waals surface area contributed by atoms with Crippen LogP contribution in [0.5, 0.6) is 5.75 Å². The fourth-order valence-electron chi connectivity index (χ4n) is 3.64. The van der Waals surface area contributed by atoms with Crippen molar-refractivity contribution in [2.45, 2.75) is 45.8 Å². The first-order chi connectivity index (χ1) is 15.5. The lowest BCUT2D eigenvalue weighted by molar-refractivity contribution is -0.146. The van der Waals surface area contributed by atoms with Gasteiger partial charge in [-0.15, -0.1) is 11.3 Å². The minimum absolute atomic E-state index is 0.265. The lowest BCUT2D eigenvalue weighted by Crippen LogP contribution is -2.52. The number of carbonyl (C=O) groups is 2. The van der Waals surface area contributed by atoms with Crippen molar-refractivity contribution in [3.05, 3.63) is 64.5 Å². The molecule has 3 aromatic rings. The Hall–Kier alpha value is -3.19. The summed E-state index contributed by atoms with van der Waals surface area (Å²) in [5.74, 6) is -0.126. The summed E-state index contributed by atoms with van der Waals surface area (Å²) in [6.07, 6.45) is 0.815. The molecule has 0 bridgehead atoms. The van der Waals surface area contributed by atoms with Gasteiger partial charge in [0.15, 0.2) is 6.10 Å². The maximum Gasteiger partial charge on any atom is 0.328 e. The zero-order valence-electron chi connectivity index (χ0n) is 18.4. The Labute approximate surface area is 191 Å². The number of aromatic nitrogens is 1. The van der Waals surface area contributed by atoms with E-state index in [4.69, 9.17) is 14.5 Å². The normalized spacial score (nSPS) is 16.3. The second-order valence-electron chi connectivity index (χ2n) is 7.78. The van der Waals surface area contributed by atoms with E-state index in [1.54, 1.807) is 25.2 Å². The first kappa shape index (κ1) is 22.0. The molecule has 6 nitrogen and oxygen atoms in total. The van der Waals surface area contributed by atoms with Gasteiger partial charge in [0.2, 0.25) is 0 Å². The van der Waals surface area contributed by atoms with E-state index in [1.807, 2.05) is 48.7 Å². The predicted octanol–water partition coefficient (Wildman–Crippen LogP) is 4.86. The quantitative estimate of drug-likeness (QED) is 0.481. The molecule has 0 N–H and O–H groups in total. The molecule has 2 atom stereocenters. The highest BCUT2D eigenvalue weighted by Gasteiger charge is 2.38. The van der Waals surface area contributed by atoms with E-state index < -0.39 is 18.1 Å². The van der Waals surface area contributed by atoms with Crippen LogP contribution in [-0.2, 0) is 20.7 Å². The molecule has 0 aliphatic carbocycles. The summed E-state index contributed by atoms with van der Waals surface area (Å²) in [6, 6.07) is 15.1. The highest BCUT2D eigenvalue weighted by atomic mass is 32.1. The van der Waals surface area contributed by atoms with Gasteiger partial charge >= 0.3 is 5.97 Å². The van der Waals surface area contributed by atoms with Crippen LogP contribution in [0, 0.1) is 0 Å². The van der Waals surface area contributed by atoms with Gasteiger partial charge in [-0.05, 0) is 44.0 Å². The molecule has 166 valence electrons. The van der Waals surface area contributed by atoms with Gasteiger partial charge in [-0.2, -0.15) is 0 Å². The van der Waals surface area contributed by atoms with Crippen molar-refractivity contribution in [3.63, 3.8) is 0 Å². The zero-order chi connectivity index (χ0) is 22.7. The Kier molecular flexibility index (Phi) is 6.55. The third kappa shape index (κ3) is 4.53. The van der Waals surface area contributed by atoms with Crippen LogP contribution in [0.25, 0.3) is 11.3 Å². The maximum absolute atomic E-state index is 12.9. The smallest absolute Gasteiger partial charge is 0.328 e. The number of benzene rings is 2. The lowest BCUT2D eigenvalue weighted by atomic mass is 10.1. The van der Waals surface area contributed by atoms with Gasteiger partial charge in [0.05, 0.1) is 23.0 Å². The maximum atomic E-state index is 12.9. The predicted molar refractivity (Wildman–Crippen MR) is 125 cm³/mol. The standard InChI is InChI=1S/C25H26N2O4S/c1-4-12-30-25(29)16(2)27-21-14-19(10-11-22(21)31-17(3)24(27)28)20-15-32-23(26-20)13-18-8-6-5-7-9-18/h5-11,14-17H,4,12-13H2,1-3H3. The second-order valence-corrected chi connectivity index (χ2v) is 8.73. The molecule has 0 saturated heterocycles. The number of anilines is 1. The number of amides is 1. The van der Waals surface area contributed by atoms with Crippen molar-refractivity contribution in [3.8, 4) is 17.0 Å². The van der Waals surface area contributed by atoms with Gasteiger partial charge < -0.3 is 9.47 Å². The molecule has 0 fully saturated rings. The highest BCUT2D eigenvalue weighted by Crippen LogP contribution is 2.39. The summed E-state index contributed by atoms with van der Waals surface area (Å²) in [7, 11) is 0. The number of hydrogen-bond donors (Lipinski definition) is 0. The molecule has 1 amide bonds. The molecule has 2 heterocycles. The van der Waals surface area contributed by atoms with E-state index in [0.29, 0.717) is 18.0 Å². The van der Waals surface area contributed by atoms with Crippen LogP contribution in [0.3, 0.4) is 0 Å². The molecule has 1 aliphatic heterocycles. The Morgan fingerprint density at radius 1 is 1.25 bits per heavy atom. The molecule has 4 rings (SSSR count). The summed E-state index contributed by atoms with van der Waals surface area (Å²) < 4.78 is 11.1. The zero-order valence-corrected chi connectivity index (χ0v) is 19.2. The van der Waals surface area contributed by atoms with Crippen molar-refractivity contribution in [1.82, 2.24) is 4.98 Å². The largest absolute Gasteiger partial charge is 0.479 e. The summed E-state index contributed by atoms with van der Waals surface area (Å²) in [5, 5.41) is 3.02. The molecular weight excluding hydrogens is 424 g/mol. The summed E-state index contributed by atoms with van der Waals surface area (Å²) in [5.41, 5.74) is 3.46. The first-order valence-electron chi connectivity index (χ1n) is 10.8. The molecule has 2 unspecified atom stereocenters. The molecule has 7 heteroatoms. The lowest BCUT2D eigenvalue weighted by Gasteiger charge is -2.36. The van der Waals surface area contributed by atoms with Crippen LogP contribution >= 0.6 is 11.3 Å². The first-order valence-corrected chi connectivity index (χ1v) is 11.6. The summed E-state index contributed by atoms with van der Waals surface area (Å²) >= 11 is 1.60. The third-order valence-electron chi connectivity index (χ3n) is 5.33. The van der Waals surface area contributed by atoms with E-state index in [2.05, 4.69) is 12.1 Å². The minimum Gasteiger partial charge on any atom is -0.479 e. The molecule has 2 aromatic carbocycles. The van der Waals surface area contributed by atoms with Gasteiger partial charge in [-0.1, -0.05) is 37.3 Å². The van der Waals surface area contributed by atoms with Crippen LogP contribution in [0.2, 0.25) is 0 Å². The van der Waals surface area contributed by atoms with Crippen molar-refractivity contribution in [2.24, 2.45) is 0 Å². The van der Waals surface area contributed by atoms with E-state index in [0.717, 1.165) is 29.1 Å². The van der Waals surface area contributed by atoms with Gasteiger partial charge in [0.1, 0.15) is 11.8 Å². The topological polar surface area (TPSA) is 68.7 Å². The van der Waals surface area contributed by atoms with Crippen molar-refractivity contribution >= 4 is 28.9 Å². The molecular formula is C25H26N2O4S. The number of hydrogen-bond acceptors (Lipinski definition) is 6. The number of nitrogens with zero attached hydrogens (tertiary/aromatic N) is 2. The van der Waals surface area contributed by atoms with Gasteiger partial charge in [0.25, 0.3) is 5.91 Å². The Morgan fingerprint density at radius 3 is 2.78 bits per heavy atom. The van der Waals surface area contributed by atoms with Gasteiger partial charge in [0, 0.05) is 17.4 Å². The molecule has 1 aromatic heterocycles. The van der Waals surface area contributed by atoms with E-state index >= 15 is 0 Å². The molecule has 32 heavy (non-hydrogen) atoms. The SMILES string of the molecule is CCCOC(=O)C(C)N1C(=O)C(C)Oc2ccc(-c3csc(Cc4ccccc4)n3)cc21. The van der Waals surface area contributed by atoms with Gasteiger partial charge in [-0.25, -0.2) is 9.78 Å². The van der Waals surface area contributed by atoms with Crippen LogP contribution in [0.15, 0.2) is 53.9 Å². The average molecular weight is 451 g/mol.